The molecule has 0 aromatic rings. The van der Waals surface area contributed by atoms with Crippen molar-refractivity contribution in [1.82, 2.24) is 0 Å². The van der Waals surface area contributed by atoms with Crippen molar-refractivity contribution in [1.29, 1.82) is 5.26 Å². The van der Waals surface area contributed by atoms with Crippen molar-refractivity contribution in [3.63, 3.8) is 0 Å². The monoisotopic (exact) mass is 235 g/mol. The number of hydrogen-bond acceptors (Lipinski definition) is 2. The van der Waals surface area contributed by atoms with E-state index in [1.165, 1.54) is 6.42 Å². The Morgan fingerprint density at radius 2 is 1.94 bits per heavy atom. The van der Waals surface area contributed by atoms with Crippen molar-refractivity contribution in [3.05, 3.63) is 0 Å². The lowest BCUT2D eigenvalue weighted by atomic mass is 9.50. The fourth-order valence-corrected chi connectivity index (χ4v) is 4.09. The molecule has 2 nitrogen and oxygen atoms in total. The Bertz CT molecular complexity index is 326. The first-order valence-corrected chi connectivity index (χ1v) is 7.09. The zero-order valence-corrected chi connectivity index (χ0v) is 11.4. The summed E-state index contributed by atoms with van der Waals surface area (Å²) in [4.78, 5) is 0. The van der Waals surface area contributed by atoms with Gasteiger partial charge in [0.2, 0.25) is 0 Å². The van der Waals surface area contributed by atoms with E-state index in [1.54, 1.807) is 0 Å². The van der Waals surface area contributed by atoms with Crippen LogP contribution in [0.2, 0.25) is 0 Å². The maximum atomic E-state index is 11.2. The van der Waals surface area contributed by atoms with Gasteiger partial charge in [-0.05, 0) is 43.4 Å². The summed E-state index contributed by atoms with van der Waals surface area (Å²) < 4.78 is 0. The normalized spacial score (nSPS) is 40.7. The average Bonchev–Trinajstić information content (AvgIpc) is 2.15. The molecule has 0 aromatic heterocycles. The molecule has 0 saturated heterocycles. The Kier molecular flexibility index (Phi) is 3.25. The smallest absolute Gasteiger partial charge is 0.0866 e. The van der Waals surface area contributed by atoms with E-state index in [4.69, 9.17) is 0 Å². The predicted octanol–water partition coefficient (Wildman–Crippen LogP) is 3.50. The number of nitriles is 1. The molecule has 17 heavy (non-hydrogen) atoms. The zero-order valence-electron chi connectivity index (χ0n) is 11.4. The summed E-state index contributed by atoms with van der Waals surface area (Å²) in [5, 5.41) is 20.7. The molecule has 0 radical (unpaired) electrons. The van der Waals surface area contributed by atoms with Gasteiger partial charge in [-0.25, -0.2) is 0 Å². The van der Waals surface area contributed by atoms with E-state index in [0.29, 0.717) is 17.8 Å². The zero-order chi connectivity index (χ0) is 12.7. The fourth-order valence-electron chi connectivity index (χ4n) is 4.09. The highest BCUT2D eigenvalue weighted by Crippen LogP contribution is 2.58. The van der Waals surface area contributed by atoms with Crippen LogP contribution in [-0.4, -0.2) is 10.7 Å². The molecule has 3 atom stereocenters. The Morgan fingerprint density at radius 3 is 2.35 bits per heavy atom. The van der Waals surface area contributed by atoms with Gasteiger partial charge < -0.3 is 5.11 Å². The summed E-state index contributed by atoms with van der Waals surface area (Å²) in [6.07, 6.45) is 6.01. The van der Waals surface area contributed by atoms with Crippen LogP contribution in [0.3, 0.4) is 0 Å². The van der Waals surface area contributed by atoms with Crippen LogP contribution in [0.15, 0.2) is 0 Å². The minimum atomic E-state index is -0.730. The first-order chi connectivity index (χ1) is 7.95. The van der Waals surface area contributed by atoms with Crippen molar-refractivity contribution >= 4 is 0 Å². The fraction of sp³-hybridized carbons (Fsp3) is 0.933. The van der Waals surface area contributed by atoms with Gasteiger partial charge in [0, 0.05) is 0 Å². The van der Waals surface area contributed by atoms with Crippen molar-refractivity contribution < 1.29 is 5.11 Å². The Hall–Kier alpha value is -0.550. The maximum Gasteiger partial charge on any atom is 0.0866 e. The molecule has 0 aliphatic heterocycles. The Labute approximate surface area is 105 Å². The van der Waals surface area contributed by atoms with Gasteiger partial charge in [0.15, 0.2) is 0 Å². The molecular formula is C15H25NO. The van der Waals surface area contributed by atoms with Gasteiger partial charge in [-0.3, -0.25) is 0 Å². The van der Waals surface area contributed by atoms with E-state index in [-0.39, 0.29) is 0 Å². The SMILES string of the molecule is CC1CCC(C(C)C)C(O)(C2(C#N)CCC2)C1. The van der Waals surface area contributed by atoms with Gasteiger partial charge in [0.25, 0.3) is 0 Å². The summed E-state index contributed by atoms with van der Waals surface area (Å²) in [7, 11) is 0. The number of aliphatic hydroxyl groups is 1. The minimum absolute atomic E-state index is 0.304. The highest BCUT2D eigenvalue weighted by atomic mass is 16.3. The number of rotatable bonds is 2. The lowest BCUT2D eigenvalue weighted by molar-refractivity contribution is -0.173. The standard InChI is InChI=1S/C15H25NO/c1-11(2)13-6-5-12(3)9-15(13,17)14(10-16)7-4-8-14/h11-13,17H,4-9H2,1-3H3. The molecule has 2 aliphatic carbocycles. The van der Waals surface area contributed by atoms with Crippen LogP contribution in [0, 0.1) is 34.5 Å². The average molecular weight is 235 g/mol. The third-order valence-corrected chi connectivity index (χ3v) is 5.30. The molecule has 0 bridgehead atoms. The molecule has 0 amide bonds. The molecular weight excluding hydrogens is 210 g/mol. The molecule has 2 rings (SSSR count). The highest BCUT2D eigenvalue weighted by Gasteiger charge is 2.60. The van der Waals surface area contributed by atoms with Gasteiger partial charge in [0.1, 0.15) is 0 Å². The third kappa shape index (κ3) is 1.80. The molecule has 96 valence electrons. The van der Waals surface area contributed by atoms with Gasteiger partial charge in [-0.15, -0.1) is 0 Å². The first-order valence-electron chi connectivity index (χ1n) is 7.09. The van der Waals surface area contributed by atoms with E-state index in [1.807, 2.05) is 0 Å². The van der Waals surface area contributed by atoms with Crippen LogP contribution in [0.5, 0.6) is 0 Å². The second kappa shape index (κ2) is 4.28. The van der Waals surface area contributed by atoms with Gasteiger partial charge >= 0.3 is 0 Å². The largest absolute Gasteiger partial charge is 0.388 e. The van der Waals surface area contributed by atoms with E-state index in [9.17, 15) is 10.4 Å². The Morgan fingerprint density at radius 1 is 1.29 bits per heavy atom. The summed E-state index contributed by atoms with van der Waals surface area (Å²) >= 11 is 0. The van der Waals surface area contributed by atoms with Crippen LogP contribution in [0.25, 0.3) is 0 Å². The van der Waals surface area contributed by atoms with Gasteiger partial charge in [-0.2, -0.15) is 5.26 Å². The molecule has 0 aromatic carbocycles. The third-order valence-electron chi connectivity index (χ3n) is 5.30. The predicted molar refractivity (Wildman–Crippen MR) is 68.2 cm³/mol. The molecule has 2 saturated carbocycles. The maximum absolute atomic E-state index is 11.2. The van der Waals surface area contributed by atoms with Crippen LogP contribution in [-0.2, 0) is 0 Å². The van der Waals surface area contributed by atoms with E-state index in [2.05, 4.69) is 26.8 Å². The number of nitrogens with zero attached hydrogens (tertiary/aromatic N) is 1. The van der Waals surface area contributed by atoms with Crippen molar-refractivity contribution in [2.24, 2.45) is 23.2 Å². The summed E-state index contributed by atoms with van der Waals surface area (Å²) in [6, 6.07) is 2.48. The first kappa shape index (κ1) is 12.9. The van der Waals surface area contributed by atoms with Crippen LogP contribution in [0.1, 0.15) is 59.3 Å². The van der Waals surface area contributed by atoms with Crippen molar-refractivity contribution in [3.8, 4) is 6.07 Å². The molecule has 1 N–H and O–H groups in total. The molecule has 0 spiro atoms. The molecule has 3 unspecified atom stereocenters. The van der Waals surface area contributed by atoms with Crippen LogP contribution < -0.4 is 0 Å². The second-order valence-electron chi connectivity index (χ2n) is 6.71. The molecule has 2 heteroatoms. The van der Waals surface area contributed by atoms with Crippen LogP contribution in [0.4, 0.5) is 0 Å². The summed E-state index contributed by atoms with van der Waals surface area (Å²) in [5.41, 5.74) is -1.16. The Balaban J connectivity index is 2.32. The van der Waals surface area contributed by atoms with Gasteiger partial charge in [0.05, 0.1) is 17.1 Å². The van der Waals surface area contributed by atoms with Crippen molar-refractivity contribution in [2.45, 2.75) is 64.9 Å². The van der Waals surface area contributed by atoms with E-state index < -0.39 is 11.0 Å². The van der Waals surface area contributed by atoms with Crippen LogP contribution >= 0.6 is 0 Å². The summed E-state index contributed by atoms with van der Waals surface area (Å²) in [6.45, 7) is 6.59. The lowest BCUT2D eigenvalue weighted by Gasteiger charge is -2.56. The van der Waals surface area contributed by atoms with Gasteiger partial charge in [-0.1, -0.05) is 33.6 Å². The van der Waals surface area contributed by atoms with Crippen molar-refractivity contribution in [2.75, 3.05) is 0 Å². The van der Waals surface area contributed by atoms with E-state index in [0.717, 1.165) is 32.1 Å². The molecule has 2 fully saturated rings. The number of hydrogen-bond donors (Lipinski definition) is 1. The molecule has 2 aliphatic rings. The van der Waals surface area contributed by atoms with E-state index >= 15 is 0 Å². The second-order valence-corrected chi connectivity index (χ2v) is 6.71. The lowest BCUT2D eigenvalue weighted by Crippen LogP contribution is -2.59. The topological polar surface area (TPSA) is 44.0 Å². The summed E-state index contributed by atoms with van der Waals surface area (Å²) in [5.74, 6) is 1.33. The minimum Gasteiger partial charge on any atom is -0.388 e. The quantitative estimate of drug-likeness (QED) is 0.796. The molecule has 0 heterocycles. The highest BCUT2D eigenvalue weighted by molar-refractivity contribution is 5.19.